The van der Waals surface area contributed by atoms with Gasteiger partial charge in [-0.2, -0.15) is 0 Å². The topological polar surface area (TPSA) is 52.6 Å². The molecular weight excluding hydrogens is 256 g/mol. The second-order valence-electron chi connectivity index (χ2n) is 5.25. The fourth-order valence-electron chi connectivity index (χ4n) is 1.48. The highest BCUT2D eigenvalue weighted by molar-refractivity contribution is 5.78. The first-order chi connectivity index (χ1) is 9.36. The average molecular weight is 278 g/mol. The van der Waals surface area contributed by atoms with Crippen molar-refractivity contribution in [3.63, 3.8) is 0 Å². The number of hydrogen-bond acceptors (Lipinski definition) is 4. The Morgan fingerprint density at radius 1 is 1.00 bits per heavy atom. The molecule has 0 aliphatic rings. The summed E-state index contributed by atoms with van der Waals surface area (Å²) in [4.78, 5) is 23.5. The van der Waals surface area contributed by atoms with Gasteiger partial charge in [0.25, 0.3) is 0 Å². The summed E-state index contributed by atoms with van der Waals surface area (Å²) in [5.41, 5.74) is 0.841. The molecule has 0 aliphatic heterocycles. The van der Waals surface area contributed by atoms with Crippen molar-refractivity contribution in [2.45, 2.75) is 41.0 Å². The molecule has 0 fully saturated rings. The minimum absolute atomic E-state index is 0.242. The molecule has 0 amide bonds. The van der Waals surface area contributed by atoms with Crippen molar-refractivity contribution >= 4 is 11.9 Å². The summed E-state index contributed by atoms with van der Waals surface area (Å²) >= 11 is 0. The number of esters is 2. The molecule has 1 rings (SSSR count). The van der Waals surface area contributed by atoms with Crippen LogP contribution in [-0.2, 0) is 16.0 Å². The van der Waals surface area contributed by atoms with E-state index in [1.54, 1.807) is 39.8 Å². The third kappa shape index (κ3) is 4.08. The summed E-state index contributed by atoms with van der Waals surface area (Å²) in [6.07, 6.45) is 0.688. The Kier molecular flexibility index (Phi) is 5.74. The first kappa shape index (κ1) is 16.2. The van der Waals surface area contributed by atoms with E-state index in [-0.39, 0.29) is 23.8 Å². The van der Waals surface area contributed by atoms with Gasteiger partial charge in [-0.05, 0) is 18.1 Å². The largest absolute Gasteiger partial charge is 0.422 e. The van der Waals surface area contributed by atoms with Crippen LogP contribution in [0.1, 0.15) is 40.2 Å². The Labute approximate surface area is 120 Å². The highest BCUT2D eigenvalue weighted by Gasteiger charge is 2.19. The Bertz CT molecular complexity index is 489. The lowest BCUT2D eigenvalue weighted by Gasteiger charge is -2.15. The lowest BCUT2D eigenvalue weighted by atomic mass is 10.1. The van der Waals surface area contributed by atoms with E-state index < -0.39 is 0 Å². The van der Waals surface area contributed by atoms with E-state index in [1.165, 1.54) is 0 Å². The molecule has 0 saturated carbocycles. The standard InChI is InChI=1S/C16H22O4/c1-6-12-8-7-9-13(19-15(17)10(2)3)14(12)20-16(18)11(4)5/h7-11H,6H2,1-5H3. The molecule has 1 aromatic carbocycles. The van der Waals surface area contributed by atoms with Gasteiger partial charge in [0.2, 0.25) is 0 Å². The zero-order valence-electron chi connectivity index (χ0n) is 12.7. The number of benzene rings is 1. The molecule has 0 heterocycles. The molecule has 0 bridgehead atoms. The second-order valence-corrected chi connectivity index (χ2v) is 5.25. The van der Waals surface area contributed by atoms with E-state index in [4.69, 9.17) is 9.47 Å². The quantitative estimate of drug-likeness (QED) is 0.612. The predicted octanol–water partition coefficient (Wildman–Crippen LogP) is 3.37. The monoisotopic (exact) mass is 278 g/mol. The van der Waals surface area contributed by atoms with Crippen LogP contribution >= 0.6 is 0 Å². The van der Waals surface area contributed by atoms with E-state index in [9.17, 15) is 9.59 Å². The maximum Gasteiger partial charge on any atom is 0.313 e. The molecule has 0 spiro atoms. The summed E-state index contributed by atoms with van der Waals surface area (Å²) in [5, 5.41) is 0. The van der Waals surface area contributed by atoms with Crippen LogP contribution in [0, 0.1) is 11.8 Å². The number of para-hydroxylation sites is 1. The predicted molar refractivity (Wildman–Crippen MR) is 76.8 cm³/mol. The van der Waals surface area contributed by atoms with Crippen molar-refractivity contribution in [3.8, 4) is 11.5 Å². The van der Waals surface area contributed by atoms with Gasteiger partial charge in [-0.1, -0.05) is 46.8 Å². The Morgan fingerprint density at radius 3 is 2.05 bits per heavy atom. The molecule has 4 heteroatoms. The average Bonchev–Trinajstić information content (AvgIpc) is 2.39. The molecule has 4 nitrogen and oxygen atoms in total. The summed E-state index contributed by atoms with van der Waals surface area (Å²) < 4.78 is 10.7. The first-order valence-corrected chi connectivity index (χ1v) is 6.92. The number of carbonyl (C=O) groups excluding carboxylic acids is 2. The molecular formula is C16H22O4. The minimum atomic E-state index is -0.347. The zero-order chi connectivity index (χ0) is 15.3. The van der Waals surface area contributed by atoms with Crippen LogP contribution in [0.2, 0.25) is 0 Å². The van der Waals surface area contributed by atoms with E-state index >= 15 is 0 Å². The smallest absolute Gasteiger partial charge is 0.313 e. The van der Waals surface area contributed by atoms with Crippen LogP contribution < -0.4 is 9.47 Å². The number of rotatable bonds is 5. The summed E-state index contributed by atoms with van der Waals surface area (Å²) in [5.74, 6) is -0.518. The minimum Gasteiger partial charge on any atom is -0.422 e. The van der Waals surface area contributed by atoms with Crippen LogP contribution in [0.4, 0.5) is 0 Å². The van der Waals surface area contributed by atoms with Gasteiger partial charge in [-0.25, -0.2) is 0 Å². The molecule has 0 radical (unpaired) electrons. The highest BCUT2D eigenvalue weighted by Crippen LogP contribution is 2.33. The summed E-state index contributed by atoms with van der Waals surface area (Å²) in [6.45, 7) is 8.99. The van der Waals surface area contributed by atoms with Gasteiger partial charge >= 0.3 is 11.9 Å². The number of hydrogen-bond donors (Lipinski definition) is 0. The van der Waals surface area contributed by atoms with Crippen molar-refractivity contribution in [2.24, 2.45) is 11.8 Å². The number of aryl methyl sites for hydroxylation is 1. The van der Waals surface area contributed by atoms with E-state index in [0.717, 1.165) is 5.56 Å². The van der Waals surface area contributed by atoms with Crippen LogP contribution in [0.5, 0.6) is 11.5 Å². The summed E-state index contributed by atoms with van der Waals surface area (Å²) in [6, 6.07) is 5.28. The van der Waals surface area contributed by atoms with Gasteiger partial charge in [-0.15, -0.1) is 0 Å². The second kappa shape index (κ2) is 7.08. The lowest BCUT2D eigenvalue weighted by molar-refractivity contribution is -0.140. The normalized spacial score (nSPS) is 10.8. The molecule has 20 heavy (non-hydrogen) atoms. The fourth-order valence-corrected chi connectivity index (χ4v) is 1.48. The Balaban J connectivity index is 3.10. The zero-order valence-corrected chi connectivity index (χ0v) is 12.7. The van der Waals surface area contributed by atoms with Crippen molar-refractivity contribution in [1.29, 1.82) is 0 Å². The molecule has 0 aliphatic carbocycles. The van der Waals surface area contributed by atoms with Crippen molar-refractivity contribution < 1.29 is 19.1 Å². The van der Waals surface area contributed by atoms with Gasteiger partial charge < -0.3 is 9.47 Å². The van der Waals surface area contributed by atoms with Gasteiger partial charge in [0.1, 0.15) is 0 Å². The first-order valence-electron chi connectivity index (χ1n) is 6.92. The van der Waals surface area contributed by atoms with Crippen LogP contribution in [0.3, 0.4) is 0 Å². The molecule has 0 N–H and O–H groups in total. The van der Waals surface area contributed by atoms with Crippen molar-refractivity contribution in [1.82, 2.24) is 0 Å². The summed E-state index contributed by atoms with van der Waals surface area (Å²) in [7, 11) is 0. The van der Waals surface area contributed by atoms with Crippen molar-refractivity contribution in [3.05, 3.63) is 23.8 Å². The van der Waals surface area contributed by atoms with Gasteiger partial charge in [-0.3, -0.25) is 9.59 Å². The van der Waals surface area contributed by atoms with E-state index in [0.29, 0.717) is 17.9 Å². The maximum atomic E-state index is 11.8. The SMILES string of the molecule is CCc1cccc(OC(=O)C(C)C)c1OC(=O)C(C)C. The van der Waals surface area contributed by atoms with Crippen LogP contribution in [0.25, 0.3) is 0 Å². The third-order valence-corrected chi connectivity index (χ3v) is 2.80. The number of ether oxygens (including phenoxy) is 2. The van der Waals surface area contributed by atoms with Crippen molar-refractivity contribution in [2.75, 3.05) is 0 Å². The van der Waals surface area contributed by atoms with E-state index in [1.807, 2.05) is 13.0 Å². The number of carbonyl (C=O) groups is 2. The van der Waals surface area contributed by atoms with Crippen LogP contribution in [0.15, 0.2) is 18.2 Å². The molecule has 0 aromatic heterocycles. The fraction of sp³-hybridized carbons (Fsp3) is 0.500. The Hall–Kier alpha value is -1.84. The highest BCUT2D eigenvalue weighted by atomic mass is 16.6. The van der Waals surface area contributed by atoms with E-state index in [2.05, 4.69) is 0 Å². The molecule has 110 valence electrons. The lowest BCUT2D eigenvalue weighted by Crippen LogP contribution is -2.19. The molecule has 0 unspecified atom stereocenters. The van der Waals surface area contributed by atoms with Gasteiger partial charge in [0.15, 0.2) is 11.5 Å². The molecule has 0 atom stereocenters. The van der Waals surface area contributed by atoms with Crippen LogP contribution in [-0.4, -0.2) is 11.9 Å². The third-order valence-electron chi connectivity index (χ3n) is 2.80. The maximum absolute atomic E-state index is 11.8. The Morgan fingerprint density at radius 2 is 1.55 bits per heavy atom. The molecule has 0 saturated heterocycles. The van der Waals surface area contributed by atoms with Gasteiger partial charge in [0, 0.05) is 0 Å². The van der Waals surface area contributed by atoms with Gasteiger partial charge in [0.05, 0.1) is 11.8 Å². The molecule has 1 aromatic rings.